The summed E-state index contributed by atoms with van der Waals surface area (Å²) in [5, 5.41) is 0. The van der Waals surface area contributed by atoms with Crippen molar-refractivity contribution in [3.63, 3.8) is 0 Å². The van der Waals surface area contributed by atoms with Crippen molar-refractivity contribution in [2.24, 2.45) is 0 Å². The second-order valence-corrected chi connectivity index (χ2v) is 10.7. The molecule has 1 saturated heterocycles. The van der Waals surface area contributed by atoms with Gasteiger partial charge in [-0.2, -0.15) is 8.62 Å². The van der Waals surface area contributed by atoms with Gasteiger partial charge in [0.05, 0.1) is 19.0 Å². The van der Waals surface area contributed by atoms with Crippen LogP contribution in [0.2, 0.25) is 0 Å². The molecular formula is C12H20N5O12P3. The number of phosphoric ester groups is 1. The fourth-order valence-electron chi connectivity index (χ4n) is 2.96. The van der Waals surface area contributed by atoms with E-state index in [2.05, 4.69) is 28.1 Å². The Kier molecular flexibility index (Phi) is 7.52. The summed E-state index contributed by atoms with van der Waals surface area (Å²) in [4.78, 5) is 48.1. The smallest absolute Gasteiger partial charge is 0.382 e. The molecule has 0 aromatic carbocycles. The minimum Gasteiger partial charge on any atom is -0.382 e. The van der Waals surface area contributed by atoms with Gasteiger partial charge in [-0.05, 0) is 6.92 Å². The third kappa shape index (κ3) is 6.38. The van der Waals surface area contributed by atoms with Crippen molar-refractivity contribution in [1.29, 1.82) is 0 Å². The summed E-state index contributed by atoms with van der Waals surface area (Å²) in [5.41, 5.74) is 6.50. The summed E-state index contributed by atoms with van der Waals surface area (Å²) in [5.74, 6) is 0.164. The zero-order valence-corrected chi connectivity index (χ0v) is 19.0. The molecule has 0 amide bonds. The number of fused-ring (bicyclic) bond motifs is 1. The molecule has 1 fully saturated rings. The fraction of sp³-hybridized carbons (Fsp3) is 0.583. The van der Waals surface area contributed by atoms with Gasteiger partial charge < -0.3 is 34.8 Å². The van der Waals surface area contributed by atoms with E-state index in [4.69, 9.17) is 25.0 Å². The van der Waals surface area contributed by atoms with Crippen molar-refractivity contribution in [2.45, 2.75) is 31.8 Å². The van der Waals surface area contributed by atoms with Crippen molar-refractivity contribution < 1.29 is 55.9 Å². The number of rotatable bonds is 10. The Morgan fingerprint density at radius 2 is 1.88 bits per heavy atom. The van der Waals surface area contributed by atoms with Gasteiger partial charge in [0.25, 0.3) is 0 Å². The number of imidazole rings is 1. The molecule has 0 radical (unpaired) electrons. The second-order valence-electron chi connectivity index (χ2n) is 6.33. The third-order valence-corrected chi connectivity index (χ3v) is 7.88. The quantitative estimate of drug-likeness (QED) is 0.267. The lowest BCUT2D eigenvalue weighted by molar-refractivity contribution is -0.0573. The van der Waals surface area contributed by atoms with E-state index < -0.39 is 48.5 Å². The SMILES string of the molecule is CCOC1C[C@H](n2cnc3c(N)ncnc32)O[C@@H]1COP(=O)(O)OP(=O)(O)OP(=O)(O)O. The van der Waals surface area contributed by atoms with E-state index in [9.17, 15) is 23.5 Å². The van der Waals surface area contributed by atoms with Crippen molar-refractivity contribution in [1.82, 2.24) is 19.5 Å². The number of hydrogen-bond donors (Lipinski definition) is 5. The van der Waals surface area contributed by atoms with Crippen LogP contribution in [0.5, 0.6) is 0 Å². The molecule has 0 spiro atoms. The van der Waals surface area contributed by atoms with Crippen LogP contribution in [0, 0.1) is 0 Å². The van der Waals surface area contributed by atoms with E-state index in [0.29, 0.717) is 11.2 Å². The Morgan fingerprint density at radius 1 is 1.16 bits per heavy atom. The van der Waals surface area contributed by atoms with E-state index in [1.807, 2.05) is 0 Å². The zero-order chi connectivity index (χ0) is 23.7. The number of aromatic nitrogens is 4. The van der Waals surface area contributed by atoms with Gasteiger partial charge in [-0.25, -0.2) is 28.6 Å². The minimum atomic E-state index is -5.62. The summed E-state index contributed by atoms with van der Waals surface area (Å²) in [6, 6.07) is 0. The highest BCUT2D eigenvalue weighted by Crippen LogP contribution is 2.66. The summed E-state index contributed by atoms with van der Waals surface area (Å²) < 4.78 is 59.1. The first-order valence-electron chi connectivity index (χ1n) is 8.78. The highest BCUT2D eigenvalue weighted by molar-refractivity contribution is 7.66. The molecule has 0 saturated carbocycles. The number of ether oxygens (including phenoxy) is 2. The lowest BCUT2D eigenvalue weighted by Crippen LogP contribution is -2.29. The number of hydrogen-bond acceptors (Lipinski definition) is 12. The lowest BCUT2D eigenvalue weighted by atomic mass is 10.2. The fourth-order valence-corrected chi connectivity index (χ4v) is 5.99. The molecule has 0 bridgehead atoms. The molecule has 1 aliphatic heterocycles. The third-order valence-electron chi connectivity index (χ3n) is 4.08. The molecule has 20 heteroatoms. The van der Waals surface area contributed by atoms with Gasteiger partial charge in [-0.3, -0.25) is 9.09 Å². The van der Waals surface area contributed by atoms with E-state index in [1.165, 1.54) is 12.7 Å². The maximum atomic E-state index is 12.0. The number of nitrogens with two attached hydrogens (primary N) is 1. The summed E-state index contributed by atoms with van der Waals surface area (Å²) in [7, 11) is -16.4. The van der Waals surface area contributed by atoms with E-state index >= 15 is 0 Å². The Morgan fingerprint density at radius 3 is 2.53 bits per heavy atom. The summed E-state index contributed by atoms with van der Waals surface area (Å²) in [6.45, 7) is 1.34. The second kappa shape index (κ2) is 9.50. The molecule has 0 aliphatic carbocycles. The van der Waals surface area contributed by atoms with Crippen LogP contribution in [-0.2, 0) is 36.3 Å². The first kappa shape index (κ1) is 25.3. The normalized spacial score (nSPS) is 25.6. The van der Waals surface area contributed by atoms with Gasteiger partial charge >= 0.3 is 23.5 Å². The van der Waals surface area contributed by atoms with Gasteiger partial charge in [-0.1, -0.05) is 0 Å². The molecule has 1 aliphatic rings. The molecule has 2 aromatic rings. The van der Waals surface area contributed by atoms with Gasteiger partial charge in [0.2, 0.25) is 0 Å². The summed E-state index contributed by atoms with van der Waals surface area (Å²) in [6.07, 6.45) is 0.676. The standard InChI is InChI=1S/C12H20N5O12P3/c1-2-25-7-3-9(17-6-16-10-11(13)14-5-15-12(10)17)27-8(7)4-26-31(21,22)29-32(23,24)28-30(18,19)20/h5-9H,2-4H2,1H3,(H,21,22)(H,23,24)(H2,13,14,15)(H2,18,19,20)/t7?,8-,9-/m1/s1. The van der Waals surface area contributed by atoms with Crippen molar-refractivity contribution >= 4 is 40.4 Å². The van der Waals surface area contributed by atoms with Crippen LogP contribution < -0.4 is 5.73 Å². The Balaban J connectivity index is 1.70. The van der Waals surface area contributed by atoms with Crippen LogP contribution in [0.3, 0.4) is 0 Å². The number of nitrogen functional groups attached to an aromatic ring is 1. The van der Waals surface area contributed by atoms with Crippen LogP contribution in [-0.4, -0.2) is 64.5 Å². The molecule has 2 aromatic heterocycles. The molecule has 3 heterocycles. The van der Waals surface area contributed by atoms with E-state index in [-0.39, 0.29) is 18.8 Å². The summed E-state index contributed by atoms with van der Waals surface area (Å²) >= 11 is 0. The van der Waals surface area contributed by atoms with Gasteiger partial charge in [0.1, 0.15) is 24.2 Å². The molecule has 17 nitrogen and oxygen atoms in total. The van der Waals surface area contributed by atoms with Gasteiger partial charge in [0.15, 0.2) is 11.5 Å². The van der Waals surface area contributed by atoms with Crippen LogP contribution in [0.25, 0.3) is 11.2 Å². The van der Waals surface area contributed by atoms with Gasteiger partial charge in [0, 0.05) is 13.0 Å². The van der Waals surface area contributed by atoms with Crippen LogP contribution in [0.4, 0.5) is 5.82 Å². The monoisotopic (exact) mass is 519 g/mol. The number of phosphoric acid groups is 3. The first-order chi connectivity index (χ1) is 14.8. The molecule has 32 heavy (non-hydrogen) atoms. The predicted molar refractivity (Wildman–Crippen MR) is 103 cm³/mol. The largest absolute Gasteiger partial charge is 0.490 e. The number of anilines is 1. The Hall–Kier alpha value is -1.32. The van der Waals surface area contributed by atoms with Crippen LogP contribution in [0.1, 0.15) is 19.6 Å². The minimum absolute atomic E-state index is 0.164. The lowest BCUT2D eigenvalue weighted by Gasteiger charge is -2.21. The Labute approximate surface area is 179 Å². The van der Waals surface area contributed by atoms with Crippen molar-refractivity contribution in [3.8, 4) is 0 Å². The Bertz CT molecular complexity index is 1110. The van der Waals surface area contributed by atoms with E-state index in [1.54, 1.807) is 11.5 Å². The average molecular weight is 519 g/mol. The predicted octanol–water partition coefficient (Wildman–Crippen LogP) is 0.444. The molecule has 3 rings (SSSR count). The highest BCUT2D eigenvalue weighted by atomic mass is 31.3. The average Bonchev–Trinajstić information content (AvgIpc) is 3.22. The maximum absolute atomic E-state index is 12.0. The maximum Gasteiger partial charge on any atom is 0.490 e. The molecule has 180 valence electrons. The molecule has 3 unspecified atom stereocenters. The van der Waals surface area contributed by atoms with Crippen LogP contribution >= 0.6 is 23.5 Å². The highest BCUT2D eigenvalue weighted by Gasteiger charge is 2.43. The van der Waals surface area contributed by atoms with Crippen molar-refractivity contribution in [2.75, 3.05) is 18.9 Å². The topological polar surface area (TPSA) is 248 Å². The van der Waals surface area contributed by atoms with Crippen molar-refractivity contribution in [3.05, 3.63) is 12.7 Å². The van der Waals surface area contributed by atoms with Crippen LogP contribution in [0.15, 0.2) is 12.7 Å². The molecular weight excluding hydrogens is 499 g/mol. The molecule has 5 atom stereocenters. The first-order valence-corrected chi connectivity index (χ1v) is 13.3. The zero-order valence-electron chi connectivity index (χ0n) is 16.3. The van der Waals surface area contributed by atoms with E-state index in [0.717, 1.165) is 0 Å². The molecule has 6 N–H and O–H groups in total. The number of nitrogens with zero attached hydrogens (tertiary/aromatic N) is 4. The van der Waals surface area contributed by atoms with Gasteiger partial charge in [-0.15, -0.1) is 0 Å².